The van der Waals surface area contributed by atoms with Gasteiger partial charge in [0.25, 0.3) is 11.5 Å². The monoisotopic (exact) mass is 468 g/mol. The van der Waals surface area contributed by atoms with Crippen molar-refractivity contribution in [3.8, 4) is 11.5 Å². The van der Waals surface area contributed by atoms with E-state index < -0.39 is 23.8 Å². The van der Waals surface area contributed by atoms with Gasteiger partial charge in [-0.05, 0) is 31.0 Å². The van der Waals surface area contributed by atoms with Crippen LogP contribution in [0.1, 0.15) is 56.3 Å². The molecular formula is C22H30F2N4O5. The number of nitrogens with two attached hydrogens (primary N) is 1. The minimum atomic E-state index is -3.06. The Morgan fingerprint density at radius 3 is 2.45 bits per heavy atom. The van der Waals surface area contributed by atoms with Crippen molar-refractivity contribution < 1.29 is 23.0 Å². The molecule has 0 saturated heterocycles. The van der Waals surface area contributed by atoms with Crippen molar-refractivity contribution in [2.75, 3.05) is 24.3 Å². The molecular weight excluding hydrogens is 438 g/mol. The Labute approximate surface area is 190 Å². The number of ether oxygens (including phenoxy) is 2. The number of unbranched alkanes of at least 4 members (excludes halogenated alkanes) is 3. The zero-order chi connectivity index (χ0) is 24.5. The second kappa shape index (κ2) is 12.0. The van der Waals surface area contributed by atoms with Gasteiger partial charge in [0, 0.05) is 18.7 Å². The average Bonchev–Trinajstić information content (AvgIpc) is 2.77. The molecule has 0 radical (unpaired) electrons. The Bertz CT molecular complexity index is 1070. The first-order valence-electron chi connectivity index (χ1n) is 10.8. The van der Waals surface area contributed by atoms with Gasteiger partial charge in [0.15, 0.2) is 17.2 Å². The van der Waals surface area contributed by atoms with Gasteiger partial charge in [-0.2, -0.15) is 8.78 Å². The molecule has 1 amide bonds. The van der Waals surface area contributed by atoms with Crippen LogP contribution in [-0.4, -0.2) is 35.7 Å². The Kier molecular flexibility index (Phi) is 9.43. The molecule has 0 fully saturated rings. The molecule has 1 heterocycles. The number of amides is 1. The van der Waals surface area contributed by atoms with E-state index in [2.05, 4.69) is 9.72 Å². The van der Waals surface area contributed by atoms with Crippen LogP contribution < -0.4 is 31.4 Å². The summed E-state index contributed by atoms with van der Waals surface area (Å²) in [5, 5.41) is 0. The van der Waals surface area contributed by atoms with Crippen LogP contribution in [-0.2, 0) is 6.54 Å². The fraction of sp³-hybridized carbons (Fsp3) is 0.500. The Morgan fingerprint density at radius 2 is 1.85 bits per heavy atom. The van der Waals surface area contributed by atoms with Gasteiger partial charge < -0.3 is 20.1 Å². The largest absolute Gasteiger partial charge is 0.493 e. The molecule has 0 unspecified atom stereocenters. The molecule has 0 bridgehead atoms. The van der Waals surface area contributed by atoms with Crippen LogP contribution in [0.4, 0.5) is 20.3 Å². The highest BCUT2D eigenvalue weighted by atomic mass is 19.3. The number of rotatable bonds is 12. The fourth-order valence-corrected chi connectivity index (χ4v) is 3.36. The molecule has 2 aromatic rings. The zero-order valence-electron chi connectivity index (χ0n) is 19.0. The molecule has 2 rings (SSSR count). The van der Waals surface area contributed by atoms with E-state index in [1.54, 1.807) is 0 Å². The van der Waals surface area contributed by atoms with Crippen molar-refractivity contribution in [3.63, 3.8) is 0 Å². The van der Waals surface area contributed by atoms with Crippen LogP contribution in [0.2, 0.25) is 0 Å². The Balaban J connectivity index is 2.56. The van der Waals surface area contributed by atoms with Gasteiger partial charge in [-0.1, -0.05) is 33.1 Å². The lowest BCUT2D eigenvalue weighted by molar-refractivity contribution is -0.0512. The standard InChI is InChI=1S/C22H30F2N4O5/c1-4-6-8-12-27(17-18(25)28(11-7-5-2)22(31)26-19(17)29)20(30)14-9-10-15(33-21(23)24)16(13-14)32-3/h9-10,13,21H,4-8,11-12,25H2,1-3H3,(H,26,29,31). The van der Waals surface area contributed by atoms with Crippen molar-refractivity contribution in [1.82, 2.24) is 9.55 Å². The number of anilines is 2. The maximum atomic E-state index is 13.4. The first-order valence-corrected chi connectivity index (χ1v) is 10.8. The lowest BCUT2D eigenvalue weighted by atomic mass is 10.1. The summed E-state index contributed by atoms with van der Waals surface area (Å²) in [4.78, 5) is 41.9. The summed E-state index contributed by atoms with van der Waals surface area (Å²) in [5.41, 5.74) is 4.73. The molecule has 0 aliphatic carbocycles. The van der Waals surface area contributed by atoms with Crippen molar-refractivity contribution in [3.05, 3.63) is 44.6 Å². The summed E-state index contributed by atoms with van der Waals surface area (Å²) in [5.74, 6) is -0.992. The minimum Gasteiger partial charge on any atom is -0.493 e. The molecule has 182 valence electrons. The van der Waals surface area contributed by atoms with Gasteiger partial charge in [-0.3, -0.25) is 19.1 Å². The van der Waals surface area contributed by atoms with E-state index in [0.29, 0.717) is 12.8 Å². The summed E-state index contributed by atoms with van der Waals surface area (Å²) >= 11 is 0. The number of nitrogens with one attached hydrogen (secondary N) is 1. The van der Waals surface area contributed by atoms with Crippen molar-refractivity contribution >= 4 is 17.4 Å². The van der Waals surface area contributed by atoms with E-state index >= 15 is 0 Å². The molecule has 0 saturated carbocycles. The number of aromatic nitrogens is 2. The van der Waals surface area contributed by atoms with E-state index in [1.165, 1.54) is 34.8 Å². The zero-order valence-corrected chi connectivity index (χ0v) is 19.0. The molecule has 0 atom stereocenters. The third kappa shape index (κ3) is 6.33. The Morgan fingerprint density at radius 1 is 1.15 bits per heavy atom. The van der Waals surface area contributed by atoms with Crippen LogP contribution in [0.15, 0.2) is 27.8 Å². The lowest BCUT2D eigenvalue weighted by Crippen LogP contribution is -2.41. The fourth-order valence-electron chi connectivity index (χ4n) is 3.36. The molecule has 33 heavy (non-hydrogen) atoms. The molecule has 1 aromatic carbocycles. The number of benzene rings is 1. The minimum absolute atomic E-state index is 0.0653. The van der Waals surface area contributed by atoms with Crippen LogP contribution in [0.3, 0.4) is 0 Å². The number of alkyl halides is 2. The van der Waals surface area contributed by atoms with E-state index in [0.717, 1.165) is 19.3 Å². The van der Waals surface area contributed by atoms with E-state index in [9.17, 15) is 23.2 Å². The number of aromatic amines is 1. The van der Waals surface area contributed by atoms with E-state index in [4.69, 9.17) is 10.5 Å². The highest BCUT2D eigenvalue weighted by Gasteiger charge is 2.26. The molecule has 11 heteroatoms. The van der Waals surface area contributed by atoms with Gasteiger partial charge in [-0.25, -0.2) is 4.79 Å². The third-order valence-electron chi connectivity index (χ3n) is 5.08. The van der Waals surface area contributed by atoms with Crippen molar-refractivity contribution in [1.29, 1.82) is 0 Å². The number of halogens is 2. The smallest absolute Gasteiger partial charge is 0.387 e. The molecule has 9 nitrogen and oxygen atoms in total. The second-order valence-electron chi connectivity index (χ2n) is 7.41. The Hall–Kier alpha value is -3.37. The average molecular weight is 469 g/mol. The number of H-pyrrole nitrogens is 1. The maximum Gasteiger partial charge on any atom is 0.387 e. The topological polar surface area (TPSA) is 120 Å². The van der Waals surface area contributed by atoms with Gasteiger partial charge in [-0.15, -0.1) is 0 Å². The highest BCUT2D eigenvalue weighted by molar-refractivity contribution is 6.07. The normalized spacial score (nSPS) is 11.0. The first kappa shape index (κ1) is 25.9. The van der Waals surface area contributed by atoms with Crippen LogP contribution in [0, 0.1) is 0 Å². The van der Waals surface area contributed by atoms with Gasteiger partial charge >= 0.3 is 12.3 Å². The number of hydrogen-bond acceptors (Lipinski definition) is 6. The van der Waals surface area contributed by atoms with Crippen LogP contribution in [0.25, 0.3) is 0 Å². The lowest BCUT2D eigenvalue weighted by Gasteiger charge is -2.25. The highest BCUT2D eigenvalue weighted by Crippen LogP contribution is 2.31. The quantitative estimate of drug-likeness (QED) is 0.461. The number of nitrogens with zero attached hydrogens (tertiary/aromatic N) is 2. The second-order valence-corrected chi connectivity index (χ2v) is 7.41. The maximum absolute atomic E-state index is 13.4. The summed E-state index contributed by atoms with van der Waals surface area (Å²) in [7, 11) is 1.26. The molecule has 3 N–H and O–H groups in total. The molecule has 0 aliphatic heterocycles. The van der Waals surface area contributed by atoms with Gasteiger partial charge in [0.2, 0.25) is 0 Å². The van der Waals surface area contributed by atoms with Gasteiger partial charge in [0.1, 0.15) is 5.82 Å². The number of nitrogen functional groups attached to an aromatic ring is 1. The molecule has 0 aliphatic rings. The van der Waals surface area contributed by atoms with E-state index in [-0.39, 0.29) is 41.7 Å². The van der Waals surface area contributed by atoms with Crippen LogP contribution in [0.5, 0.6) is 11.5 Å². The third-order valence-corrected chi connectivity index (χ3v) is 5.08. The van der Waals surface area contributed by atoms with Crippen molar-refractivity contribution in [2.45, 2.75) is 59.1 Å². The summed E-state index contributed by atoms with van der Waals surface area (Å²) in [6.07, 6.45) is 3.70. The summed E-state index contributed by atoms with van der Waals surface area (Å²) in [6.45, 7) is 1.33. The predicted molar refractivity (Wildman–Crippen MR) is 121 cm³/mol. The molecule has 1 aromatic heterocycles. The predicted octanol–water partition coefficient (Wildman–Crippen LogP) is 3.37. The van der Waals surface area contributed by atoms with Gasteiger partial charge in [0.05, 0.1) is 7.11 Å². The number of carbonyl (C=O) groups is 1. The molecule has 0 spiro atoms. The van der Waals surface area contributed by atoms with Crippen molar-refractivity contribution in [2.24, 2.45) is 0 Å². The summed E-state index contributed by atoms with van der Waals surface area (Å²) < 4.78 is 36.0. The first-order chi connectivity index (χ1) is 15.7. The summed E-state index contributed by atoms with van der Waals surface area (Å²) in [6, 6.07) is 3.75. The van der Waals surface area contributed by atoms with Crippen LogP contribution >= 0.6 is 0 Å². The number of hydrogen-bond donors (Lipinski definition) is 2. The SMILES string of the molecule is CCCCCN(C(=O)c1ccc(OC(F)F)c(OC)c1)c1c(N)n(CCCC)c(=O)[nH]c1=O. The number of methoxy groups -OCH3 is 1. The van der Waals surface area contributed by atoms with E-state index in [1.807, 2.05) is 13.8 Å². The number of carbonyl (C=O) groups excluding carboxylic acids is 1.